The summed E-state index contributed by atoms with van der Waals surface area (Å²) in [6.07, 6.45) is 1.20. The zero-order valence-electron chi connectivity index (χ0n) is 11.2. The van der Waals surface area contributed by atoms with Crippen molar-refractivity contribution >= 4 is 11.8 Å². The lowest BCUT2D eigenvalue weighted by atomic mass is 10.2. The van der Waals surface area contributed by atoms with Crippen LogP contribution in [0.1, 0.15) is 34.1 Å². The maximum Gasteiger partial charge on any atom is 0.209 e. The van der Waals surface area contributed by atoms with Gasteiger partial charge in [-0.15, -0.1) is 5.10 Å². The molecular weight excluding hydrogens is 234 g/mol. The molecule has 1 heterocycles. The van der Waals surface area contributed by atoms with Crippen molar-refractivity contribution in [2.24, 2.45) is 5.92 Å². The molecule has 0 aliphatic carbocycles. The maximum atomic E-state index is 4.06. The summed E-state index contributed by atoms with van der Waals surface area (Å²) in [4.78, 5) is 0. The SMILES string of the molecule is CCC(C)CSc1nnnn1CCNC(C)C. The zero-order chi connectivity index (χ0) is 12.7. The van der Waals surface area contributed by atoms with Gasteiger partial charge >= 0.3 is 0 Å². The molecule has 1 aromatic heterocycles. The fourth-order valence-corrected chi connectivity index (χ4v) is 2.27. The molecule has 0 saturated heterocycles. The van der Waals surface area contributed by atoms with Gasteiger partial charge in [0.1, 0.15) is 0 Å². The summed E-state index contributed by atoms with van der Waals surface area (Å²) < 4.78 is 1.88. The van der Waals surface area contributed by atoms with E-state index in [1.54, 1.807) is 11.8 Å². The van der Waals surface area contributed by atoms with Crippen molar-refractivity contribution in [2.45, 2.75) is 51.9 Å². The molecule has 1 rings (SSSR count). The standard InChI is InChI=1S/C11H23N5S/c1-5-10(4)8-17-11-13-14-15-16(11)7-6-12-9(2)3/h9-10,12H,5-8H2,1-4H3. The van der Waals surface area contributed by atoms with Crippen LogP contribution in [0.4, 0.5) is 0 Å². The van der Waals surface area contributed by atoms with Gasteiger partial charge in [-0.05, 0) is 16.3 Å². The van der Waals surface area contributed by atoms with Crippen molar-refractivity contribution in [3.63, 3.8) is 0 Å². The number of rotatable bonds is 8. The summed E-state index contributed by atoms with van der Waals surface area (Å²) in [5.74, 6) is 1.79. The molecule has 1 N–H and O–H groups in total. The minimum Gasteiger partial charge on any atom is -0.313 e. The summed E-state index contributed by atoms with van der Waals surface area (Å²) in [5.41, 5.74) is 0. The van der Waals surface area contributed by atoms with E-state index >= 15 is 0 Å². The van der Waals surface area contributed by atoms with Crippen molar-refractivity contribution in [3.05, 3.63) is 0 Å². The Morgan fingerprint density at radius 2 is 2.12 bits per heavy atom. The van der Waals surface area contributed by atoms with E-state index in [0.29, 0.717) is 12.0 Å². The van der Waals surface area contributed by atoms with Gasteiger partial charge in [0.25, 0.3) is 0 Å². The first-order chi connectivity index (χ1) is 8.13. The molecule has 0 amide bonds. The van der Waals surface area contributed by atoms with Crippen molar-refractivity contribution in [2.75, 3.05) is 12.3 Å². The minimum absolute atomic E-state index is 0.502. The Kier molecular flexibility index (Phi) is 6.50. The molecule has 0 fully saturated rings. The molecular formula is C11H23N5S. The van der Waals surface area contributed by atoms with Crippen LogP contribution >= 0.6 is 11.8 Å². The van der Waals surface area contributed by atoms with Crippen LogP contribution in [0, 0.1) is 5.92 Å². The third-order valence-corrected chi connectivity index (χ3v) is 3.86. The average Bonchev–Trinajstić information content (AvgIpc) is 2.73. The first kappa shape index (κ1) is 14.4. The van der Waals surface area contributed by atoms with E-state index in [4.69, 9.17) is 0 Å². The molecule has 0 aromatic carbocycles. The van der Waals surface area contributed by atoms with Gasteiger partial charge in [-0.2, -0.15) is 0 Å². The second kappa shape index (κ2) is 7.66. The molecule has 1 unspecified atom stereocenters. The van der Waals surface area contributed by atoms with Gasteiger partial charge in [-0.1, -0.05) is 45.9 Å². The molecule has 1 aromatic rings. The first-order valence-corrected chi connectivity index (χ1v) is 7.24. The first-order valence-electron chi connectivity index (χ1n) is 6.25. The van der Waals surface area contributed by atoms with E-state index in [0.717, 1.165) is 24.0 Å². The maximum absolute atomic E-state index is 4.06. The Hall–Kier alpha value is -0.620. The van der Waals surface area contributed by atoms with Gasteiger partial charge < -0.3 is 5.32 Å². The lowest BCUT2D eigenvalue weighted by Gasteiger charge is -2.09. The fourth-order valence-electron chi connectivity index (χ4n) is 1.23. The van der Waals surface area contributed by atoms with Gasteiger partial charge in [-0.25, -0.2) is 4.68 Å². The van der Waals surface area contributed by atoms with Gasteiger partial charge in [0.05, 0.1) is 6.54 Å². The summed E-state index contributed by atoms with van der Waals surface area (Å²) in [6, 6.07) is 0.502. The predicted molar refractivity (Wildman–Crippen MR) is 71.1 cm³/mol. The van der Waals surface area contributed by atoms with Crippen molar-refractivity contribution in [1.82, 2.24) is 25.5 Å². The van der Waals surface area contributed by atoms with E-state index in [1.165, 1.54) is 6.42 Å². The van der Waals surface area contributed by atoms with E-state index in [-0.39, 0.29) is 0 Å². The zero-order valence-corrected chi connectivity index (χ0v) is 12.0. The van der Waals surface area contributed by atoms with E-state index in [9.17, 15) is 0 Å². The van der Waals surface area contributed by atoms with Crippen LogP contribution in [0.15, 0.2) is 5.16 Å². The van der Waals surface area contributed by atoms with Crippen molar-refractivity contribution in [3.8, 4) is 0 Å². The van der Waals surface area contributed by atoms with Crippen LogP contribution < -0.4 is 5.32 Å². The number of nitrogens with one attached hydrogen (secondary N) is 1. The largest absolute Gasteiger partial charge is 0.313 e. The quantitative estimate of drug-likeness (QED) is 0.720. The highest BCUT2D eigenvalue weighted by molar-refractivity contribution is 7.99. The Bertz CT molecular complexity index is 313. The molecule has 0 aliphatic heterocycles. The number of aromatic nitrogens is 4. The third kappa shape index (κ3) is 5.50. The topological polar surface area (TPSA) is 55.6 Å². The van der Waals surface area contributed by atoms with Crippen LogP contribution in [-0.2, 0) is 6.54 Å². The van der Waals surface area contributed by atoms with Crippen LogP contribution in [-0.4, -0.2) is 38.5 Å². The molecule has 5 nitrogen and oxygen atoms in total. The summed E-state index contributed by atoms with van der Waals surface area (Å²) in [7, 11) is 0. The van der Waals surface area contributed by atoms with E-state index in [2.05, 4.69) is 48.5 Å². The summed E-state index contributed by atoms with van der Waals surface area (Å²) in [6.45, 7) is 10.5. The lowest BCUT2D eigenvalue weighted by molar-refractivity contribution is 0.484. The lowest BCUT2D eigenvalue weighted by Crippen LogP contribution is -2.27. The Morgan fingerprint density at radius 3 is 2.76 bits per heavy atom. The molecule has 0 bridgehead atoms. The molecule has 98 valence electrons. The molecule has 1 atom stereocenters. The van der Waals surface area contributed by atoms with Crippen LogP contribution in [0.5, 0.6) is 0 Å². The highest BCUT2D eigenvalue weighted by Crippen LogP contribution is 2.18. The highest BCUT2D eigenvalue weighted by Gasteiger charge is 2.08. The van der Waals surface area contributed by atoms with Gasteiger partial charge in [0.15, 0.2) is 0 Å². The predicted octanol–water partition coefficient (Wildman–Crippen LogP) is 1.81. The van der Waals surface area contributed by atoms with Gasteiger partial charge in [-0.3, -0.25) is 0 Å². The van der Waals surface area contributed by atoms with E-state index in [1.807, 2.05) is 4.68 Å². The van der Waals surface area contributed by atoms with Crippen LogP contribution in [0.2, 0.25) is 0 Å². The number of thioether (sulfide) groups is 1. The summed E-state index contributed by atoms with van der Waals surface area (Å²) in [5, 5.41) is 16.1. The second-order valence-corrected chi connectivity index (χ2v) is 5.61. The number of tetrazole rings is 1. The van der Waals surface area contributed by atoms with E-state index < -0.39 is 0 Å². The Labute approximate surface area is 108 Å². The van der Waals surface area contributed by atoms with Crippen LogP contribution in [0.3, 0.4) is 0 Å². The monoisotopic (exact) mass is 257 g/mol. The molecule has 0 saturated carbocycles. The second-order valence-electron chi connectivity index (χ2n) is 4.62. The number of hydrogen-bond acceptors (Lipinski definition) is 5. The molecule has 0 radical (unpaired) electrons. The van der Waals surface area contributed by atoms with Gasteiger partial charge in [0, 0.05) is 18.3 Å². The molecule has 0 spiro atoms. The molecule has 6 heteroatoms. The Balaban J connectivity index is 2.37. The fraction of sp³-hybridized carbons (Fsp3) is 0.909. The van der Waals surface area contributed by atoms with Crippen molar-refractivity contribution < 1.29 is 0 Å². The molecule has 17 heavy (non-hydrogen) atoms. The Morgan fingerprint density at radius 1 is 1.35 bits per heavy atom. The number of nitrogens with zero attached hydrogens (tertiary/aromatic N) is 4. The van der Waals surface area contributed by atoms with Gasteiger partial charge in [0.2, 0.25) is 5.16 Å². The molecule has 0 aliphatic rings. The average molecular weight is 257 g/mol. The normalized spacial score (nSPS) is 13.2. The highest BCUT2D eigenvalue weighted by atomic mass is 32.2. The minimum atomic E-state index is 0.502. The van der Waals surface area contributed by atoms with Crippen LogP contribution in [0.25, 0.3) is 0 Å². The smallest absolute Gasteiger partial charge is 0.209 e. The third-order valence-electron chi connectivity index (χ3n) is 2.57. The number of hydrogen-bond donors (Lipinski definition) is 1. The van der Waals surface area contributed by atoms with Crippen molar-refractivity contribution in [1.29, 1.82) is 0 Å². The summed E-state index contributed by atoms with van der Waals surface area (Å²) >= 11 is 1.74.